The number of aliphatic hydroxyl groups excluding tert-OH is 1. The summed E-state index contributed by atoms with van der Waals surface area (Å²) in [6.45, 7) is 4.84. The first-order valence-corrected chi connectivity index (χ1v) is 4.76. The summed E-state index contributed by atoms with van der Waals surface area (Å²) in [5.74, 6) is 1.43. The normalized spacial score (nSPS) is 16.5. The van der Waals surface area contributed by atoms with Crippen molar-refractivity contribution < 1.29 is 14.6 Å². The largest absolute Gasteiger partial charge is 0.486 e. The van der Waals surface area contributed by atoms with Crippen molar-refractivity contribution in [1.29, 1.82) is 0 Å². The van der Waals surface area contributed by atoms with Gasteiger partial charge in [-0.3, -0.25) is 0 Å². The van der Waals surface area contributed by atoms with Crippen molar-refractivity contribution in [2.24, 2.45) is 0 Å². The van der Waals surface area contributed by atoms with Crippen LogP contribution < -0.4 is 9.47 Å². The maximum absolute atomic E-state index is 9.57. The van der Waals surface area contributed by atoms with Crippen LogP contribution >= 0.6 is 0 Å². The molecule has 1 aliphatic rings. The molecule has 0 saturated heterocycles. The van der Waals surface area contributed by atoms with Crippen LogP contribution in [0.1, 0.15) is 24.2 Å². The third kappa shape index (κ3) is 1.55. The van der Waals surface area contributed by atoms with E-state index in [9.17, 15) is 5.11 Å². The monoisotopic (exact) mass is 194 g/mol. The lowest BCUT2D eigenvalue weighted by Crippen LogP contribution is -2.17. The quantitative estimate of drug-likeness (QED) is 0.741. The van der Waals surface area contributed by atoms with Gasteiger partial charge in [0.2, 0.25) is 0 Å². The molecule has 14 heavy (non-hydrogen) atoms. The van der Waals surface area contributed by atoms with Gasteiger partial charge in [-0.05, 0) is 31.5 Å². The van der Waals surface area contributed by atoms with Gasteiger partial charge in [0.1, 0.15) is 13.2 Å². The molecule has 3 nitrogen and oxygen atoms in total. The van der Waals surface area contributed by atoms with E-state index in [1.165, 1.54) is 0 Å². The van der Waals surface area contributed by atoms with Crippen LogP contribution in [0.5, 0.6) is 11.5 Å². The Hall–Kier alpha value is -1.22. The summed E-state index contributed by atoms with van der Waals surface area (Å²) in [4.78, 5) is 0. The van der Waals surface area contributed by atoms with Crippen LogP contribution in [0, 0.1) is 6.92 Å². The Labute approximate surface area is 83.3 Å². The Balaban J connectivity index is 2.52. The second kappa shape index (κ2) is 3.50. The Bertz CT molecular complexity index is 345. The van der Waals surface area contributed by atoms with Gasteiger partial charge >= 0.3 is 0 Å². The van der Waals surface area contributed by atoms with Crippen LogP contribution in [0.15, 0.2) is 12.1 Å². The zero-order valence-corrected chi connectivity index (χ0v) is 8.41. The number of aryl methyl sites for hydroxylation is 1. The number of hydrogen-bond acceptors (Lipinski definition) is 3. The third-order valence-corrected chi connectivity index (χ3v) is 2.27. The van der Waals surface area contributed by atoms with Gasteiger partial charge in [-0.1, -0.05) is 0 Å². The Morgan fingerprint density at radius 1 is 1.29 bits per heavy atom. The molecule has 1 heterocycles. The van der Waals surface area contributed by atoms with E-state index in [1.807, 2.05) is 19.1 Å². The van der Waals surface area contributed by atoms with Crippen LogP contribution in [-0.4, -0.2) is 18.3 Å². The molecule has 0 radical (unpaired) electrons. The summed E-state index contributed by atoms with van der Waals surface area (Å²) in [7, 11) is 0. The predicted molar refractivity (Wildman–Crippen MR) is 52.8 cm³/mol. The average Bonchev–Trinajstić information content (AvgIpc) is 2.16. The fourth-order valence-electron chi connectivity index (χ4n) is 1.63. The number of hydrogen-bond donors (Lipinski definition) is 1. The van der Waals surface area contributed by atoms with E-state index < -0.39 is 6.10 Å². The van der Waals surface area contributed by atoms with Gasteiger partial charge in [-0.15, -0.1) is 0 Å². The number of aliphatic hydroxyl groups is 1. The minimum atomic E-state index is -0.523. The van der Waals surface area contributed by atoms with E-state index in [2.05, 4.69) is 0 Å². The van der Waals surface area contributed by atoms with Gasteiger partial charge in [-0.25, -0.2) is 0 Å². The molecule has 76 valence electrons. The first-order chi connectivity index (χ1) is 6.68. The van der Waals surface area contributed by atoms with E-state index >= 15 is 0 Å². The molecule has 0 fully saturated rings. The van der Waals surface area contributed by atoms with E-state index in [0.29, 0.717) is 19.0 Å². The highest BCUT2D eigenvalue weighted by molar-refractivity contribution is 5.50. The number of ether oxygens (including phenoxy) is 2. The molecule has 0 bridgehead atoms. The molecule has 0 amide bonds. The maximum atomic E-state index is 9.57. The minimum Gasteiger partial charge on any atom is -0.486 e. The Morgan fingerprint density at radius 2 is 2.00 bits per heavy atom. The lowest BCUT2D eigenvalue weighted by Gasteiger charge is -2.22. The molecule has 0 aliphatic carbocycles. The van der Waals surface area contributed by atoms with Gasteiger partial charge < -0.3 is 14.6 Å². The molecule has 1 aliphatic heterocycles. The molecular formula is C11H14O3. The second-order valence-corrected chi connectivity index (χ2v) is 3.55. The summed E-state index contributed by atoms with van der Waals surface area (Å²) >= 11 is 0. The van der Waals surface area contributed by atoms with Crippen molar-refractivity contribution in [3.63, 3.8) is 0 Å². The van der Waals surface area contributed by atoms with Crippen molar-refractivity contribution in [2.45, 2.75) is 20.0 Å². The van der Waals surface area contributed by atoms with E-state index in [-0.39, 0.29) is 0 Å². The van der Waals surface area contributed by atoms with Crippen LogP contribution in [-0.2, 0) is 0 Å². The molecule has 3 heteroatoms. The summed E-state index contributed by atoms with van der Waals surface area (Å²) in [6, 6.07) is 3.86. The first-order valence-electron chi connectivity index (χ1n) is 4.76. The van der Waals surface area contributed by atoms with E-state index in [1.54, 1.807) is 6.92 Å². The SMILES string of the molecule is Cc1cc2c(c(C(C)O)c1)OCCO2. The molecule has 1 unspecified atom stereocenters. The maximum Gasteiger partial charge on any atom is 0.167 e. The zero-order valence-electron chi connectivity index (χ0n) is 8.41. The Kier molecular flexibility index (Phi) is 2.33. The molecule has 1 aromatic carbocycles. The van der Waals surface area contributed by atoms with E-state index in [0.717, 1.165) is 16.9 Å². The minimum absolute atomic E-state index is 0.523. The molecule has 2 rings (SSSR count). The van der Waals surface area contributed by atoms with Gasteiger partial charge in [0.05, 0.1) is 6.10 Å². The first kappa shape index (κ1) is 9.34. The zero-order chi connectivity index (χ0) is 10.1. The molecule has 1 N–H and O–H groups in total. The van der Waals surface area contributed by atoms with Gasteiger partial charge in [-0.2, -0.15) is 0 Å². The van der Waals surface area contributed by atoms with Gasteiger partial charge in [0.25, 0.3) is 0 Å². The van der Waals surface area contributed by atoms with Crippen LogP contribution in [0.3, 0.4) is 0 Å². The lowest BCUT2D eigenvalue weighted by molar-refractivity contribution is 0.153. The fraction of sp³-hybridized carbons (Fsp3) is 0.455. The van der Waals surface area contributed by atoms with Crippen LogP contribution in [0.2, 0.25) is 0 Å². The molecule has 0 spiro atoms. The molecule has 1 atom stereocenters. The molecule has 0 saturated carbocycles. The summed E-state index contributed by atoms with van der Waals surface area (Å²) in [5.41, 5.74) is 1.88. The highest BCUT2D eigenvalue weighted by Gasteiger charge is 2.19. The van der Waals surface area contributed by atoms with Crippen molar-refractivity contribution in [3.8, 4) is 11.5 Å². The topological polar surface area (TPSA) is 38.7 Å². The van der Waals surface area contributed by atoms with Crippen molar-refractivity contribution in [1.82, 2.24) is 0 Å². The highest BCUT2D eigenvalue weighted by Crippen LogP contribution is 2.37. The van der Waals surface area contributed by atoms with E-state index in [4.69, 9.17) is 9.47 Å². The number of fused-ring (bicyclic) bond motifs is 1. The molecule has 1 aromatic rings. The molecular weight excluding hydrogens is 180 g/mol. The van der Waals surface area contributed by atoms with Gasteiger partial charge in [0, 0.05) is 5.56 Å². The number of benzene rings is 1. The van der Waals surface area contributed by atoms with Crippen molar-refractivity contribution >= 4 is 0 Å². The fourth-order valence-corrected chi connectivity index (χ4v) is 1.63. The lowest BCUT2D eigenvalue weighted by atomic mass is 10.1. The van der Waals surface area contributed by atoms with Crippen LogP contribution in [0.4, 0.5) is 0 Å². The predicted octanol–water partition coefficient (Wildman–Crippen LogP) is 1.82. The van der Waals surface area contributed by atoms with Gasteiger partial charge in [0.15, 0.2) is 11.5 Å². The van der Waals surface area contributed by atoms with Crippen molar-refractivity contribution in [2.75, 3.05) is 13.2 Å². The summed E-state index contributed by atoms with van der Waals surface area (Å²) in [6.07, 6.45) is -0.523. The average molecular weight is 194 g/mol. The molecule has 0 aromatic heterocycles. The third-order valence-electron chi connectivity index (χ3n) is 2.27. The highest BCUT2D eigenvalue weighted by atomic mass is 16.6. The number of rotatable bonds is 1. The standard InChI is InChI=1S/C11H14O3/c1-7-5-9(8(2)12)11-10(6-7)13-3-4-14-11/h5-6,8,12H,3-4H2,1-2H3. The summed E-state index contributed by atoms with van der Waals surface area (Å²) in [5, 5.41) is 9.57. The second-order valence-electron chi connectivity index (χ2n) is 3.55. The summed E-state index contributed by atoms with van der Waals surface area (Å²) < 4.78 is 10.9. The van der Waals surface area contributed by atoms with Crippen molar-refractivity contribution in [3.05, 3.63) is 23.3 Å². The Morgan fingerprint density at radius 3 is 2.71 bits per heavy atom. The van der Waals surface area contributed by atoms with Crippen LogP contribution in [0.25, 0.3) is 0 Å². The smallest absolute Gasteiger partial charge is 0.167 e.